The number of fused-ring (bicyclic) bond motifs is 1. The van der Waals surface area contributed by atoms with E-state index in [0.29, 0.717) is 11.3 Å². The van der Waals surface area contributed by atoms with E-state index in [2.05, 4.69) is 15.6 Å². The van der Waals surface area contributed by atoms with Gasteiger partial charge in [-0.1, -0.05) is 6.07 Å². The van der Waals surface area contributed by atoms with Crippen LogP contribution in [-0.2, 0) is 0 Å². The summed E-state index contributed by atoms with van der Waals surface area (Å²) in [5, 5.41) is 7.09. The molecule has 0 radical (unpaired) electrons. The molecule has 144 valence electrons. The van der Waals surface area contributed by atoms with Crippen molar-refractivity contribution in [3.8, 4) is 0 Å². The summed E-state index contributed by atoms with van der Waals surface area (Å²) in [7, 11) is 0. The van der Waals surface area contributed by atoms with E-state index in [1.807, 2.05) is 49.5 Å². The molecule has 4 rings (SSSR count). The Morgan fingerprint density at radius 3 is 2.71 bits per heavy atom. The lowest BCUT2D eigenvalue weighted by Gasteiger charge is -2.25. The zero-order chi connectivity index (χ0) is 19.7. The second-order valence-corrected chi connectivity index (χ2v) is 7.35. The van der Waals surface area contributed by atoms with E-state index in [1.165, 1.54) is 0 Å². The third kappa shape index (κ3) is 3.43. The molecule has 0 unspecified atom stereocenters. The number of benzene rings is 1. The van der Waals surface area contributed by atoms with Gasteiger partial charge in [-0.15, -0.1) is 0 Å². The number of piperidine rings is 1. The van der Waals surface area contributed by atoms with Crippen LogP contribution in [0.1, 0.15) is 40.5 Å². The van der Waals surface area contributed by atoms with Crippen molar-refractivity contribution in [2.75, 3.05) is 18.4 Å². The number of pyridine rings is 2. The molecule has 1 saturated heterocycles. The van der Waals surface area contributed by atoms with Crippen molar-refractivity contribution in [2.24, 2.45) is 0 Å². The molecule has 1 aromatic carbocycles. The molecule has 2 aromatic heterocycles. The predicted molar refractivity (Wildman–Crippen MR) is 111 cm³/mol. The number of aryl methyl sites for hydroxylation is 2. The maximum atomic E-state index is 13.1. The Morgan fingerprint density at radius 2 is 1.93 bits per heavy atom. The van der Waals surface area contributed by atoms with E-state index in [1.54, 1.807) is 11.5 Å². The number of aromatic nitrogens is 2. The summed E-state index contributed by atoms with van der Waals surface area (Å²) in [4.78, 5) is 30.6. The molecule has 1 aliphatic rings. The molecule has 0 spiro atoms. The molecular weight excluding hydrogens is 352 g/mol. The largest absolute Gasteiger partial charge is 0.321 e. The first-order valence-electron chi connectivity index (χ1n) is 9.65. The Kier molecular flexibility index (Phi) is 4.96. The standard InChI is InChI=1S/C22H24N4O2/c1-14-10-13-26(16-8-11-23-12-9-16)22(28)20(14)21(27)25-19-5-3-4-18-17(19)7-6-15(2)24-18/h3-7,10,13,16,23H,8-9,11-12H2,1-2H3,(H,25,27). The number of carbonyl (C=O) groups excluding carboxylic acids is 1. The van der Waals surface area contributed by atoms with Crippen molar-refractivity contribution in [2.45, 2.75) is 32.7 Å². The highest BCUT2D eigenvalue weighted by atomic mass is 16.2. The van der Waals surface area contributed by atoms with Crippen LogP contribution in [0.3, 0.4) is 0 Å². The molecule has 1 fully saturated rings. The lowest BCUT2D eigenvalue weighted by Crippen LogP contribution is -2.37. The highest BCUT2D eigenvalue weighted by Gasteiger charge is 2.21. The van der Waals surface area contributed by atoms with E-state index >= 15 is 0 Å². The fraction of sp³-hybridized carbons (Fsp3) is 0.318. The normalized spacial score (nSPS) is 14.9. The monoisotopic (exact) mass is 376 g/mol. The van der Waals surface area contributed by atoms with Crippen molar-refractivity contribution >= 4 is 22.5 Å². The molecular formula is C22H24N4O2. The molecule has 0 saturated carbocycles. The summed E-state index contributed by atoms with van der Waals surface area (Å²) >= 11 is 0. The maximum absolute atomic E-state index is 13.1. The van der Waals surface area contributed by atoms with Crippen LogP contribution in [0.25, 0.3) is 10.9 Å². The van der Waals surface area contributed by atoms with Gasteiger partial charge in [-0.05, 0) is 75.7 Å². The fourth-order valence-corrected chi connectivity index (χ4v) is 3.84. The summed E-state index contributed by atoms with van der Waals surface area (Å²) in [5.74, 6) is -0.376. The smallest absolute Gasteiger partial charge is 0.263 e. The Hall–Kier alpha value is -2.99. The van der Waals surface area contributed by atoms with Crippen molar-refractivity contribution in [1.82, 2.24) is 14.9 Å². The van der Waals surface area contributed by atoms with Crippen LogP contribution >= 0.6 is 0 Å². The first-order valence-corrected chi connectivity index (χ1v) is 9.65. The summed E-state index contributed by atoms with van der Waals surface area (Å²) in [6, 6.07) is 11.4. The first kappa shape index (κ1) is 18.4. The maximum Gasteiger partial charge on any atom is 0.263 e. The summed E-state index contributed by atoms with van der Waals surface area (Å²) in [6.07, 6.45) is 3.59. The van der Waals surface area contributed by atoms with Gasteiger partial charge in [0.05, 0.1) is 11.2 Å². The SMILES string of the molecule is Cc1ccc2c(NC(=O)c3c(C)ccn(C4CCNCC4)c3=O)cccc2n1. The third-order valence-electron chi connectivity index (χ3n) is 5.38. The van der Waals surface area contributed by atoms with Crippen LogP contribution in [-0.4, -0.2) is 28.5 Å². The highest BCUT2D eigenvalue weighted by Crippen LogP contribution is 2.23. The molecule has 3 aromatic rings. The average Bonchev–Trinajstić information content (AvgIpc) is 2.68. The lowest BCUT2D eigenvalue weighted by atomic mass is 10.0. The summed E-state index contributed by atoms with van der Waals surface area (Å²) in [5.41, 5.74) is 3.05. The lowest BCUT2D eigenvalue weighted by molar-refractivity contribution is 0.102. The van der Waals surface area contributed by atoms with Gasteiger partial charge in [0.15, 0.2) is 0 Å². The Bertz CT molecular complexity index is 1100. The number of hydrogen-bond donors (Lipinski definition) is 2. The van der Waals surface area contributed by atoms with Gasteiger partial charge in [0.2, 0.25) is 0 Å². The van der Waals surface area contributed by atoms with Gasteiger partial charge in [-0.2, -0.15) is 0 Å². The first-order chi connectivity index (χ1) is 13.5. The zero-order valence-electron chi connectivity index (χ0n) is 16.2. The molecule has 28 heavy (non-hydrogen) atoms. The van der Waals surface area contributed by atoms with Crippen LogP contribution in [0, 0.1) is 13.8 Å². The van der Waals surface area contributed by atoms with Gasteiger partial charge in [0, 0.05) is 23.3 Å². The Balaban J connectivity index is 1.70. The molecule has 2 N–H and O–H groups in total. The quantitative estimate of drug-likeness (QED) is 0.736. The highest BCUT2D eigenvalue weighted by molar-refractivity contribution is 6.09. The van der Waals surface area contributed by atoms with Crippen molar-refractivity contribution in [1.29, 1.82) is 0 Å². The number of amides is 1. The second kappa shape index (κ2) is 7.56. The van der Waals surface area contributed by atoms with E-state index in [0.717, 1.165) is 42.5 Å². The average molecular weight is 376 g/mol. The van der Waals surface area contributed by atoms with E-state index in [4.69, 9.17) is 0 Å². The molecule has 0 atom stereocenters. The van der Waals surface area contributed by atoms with Crippen LogP contribution in [0.5, 0.6) is 0 Å². The third-order valence-corrected chi connectivity index (χ3v) is 5.38. The number of anilines is 1. The van der Waals surface area contributed by atoms with Crippen LogP contribution in [0.15, 0.2) is 47.4 Å². The van der Waals surface area contributed by atoms with E-state index < -0.39 is 0 Å². The number of hydrogen-bond acceptors (Lipinski definition) is 4. The van der Waals surface area contributed by atoms with E-state index in [-0.39, 0.29) is 23.1 Å². The minimum absolute atomic E-state index is 0.130. The van der Waals surface area contributed by atoms with Gasteiger partial charge in [-0.25, -0.2) is 0 Å². The van der Waals surface area contributed by atoms with Gasteiger partial charge in [0.1, 0.15) is 5.56 Å². The number of nitrogens with zero attached hydrogens (tertiary/aromatic N) is 2. The Labute approximate surface area is 163 Å². The molecule has 6 heteroatoms. The predicted octanol–water partition coefficient (Wildman–Crippen LogP) is 3.19. The molecule has 6 nitrogen and oxygen atoms in total. The number of rotatable bonds is 3. The molecule has 3 heterocycles. The minimum atomic E-state index is -0.376. The van der Waals surface area contributed by atoms with Gasteiger partial charge < -0.3 is 15.2 Å². The van der Waals surface area contributed by atoms with Gasteiger partial charge in [-0.3, -0.25) is 14.6 Å². The number of nitrogens with one attached hydrogen (secondary N) is 2. The molecule has 1 amide bonds. The molecule has 0 bridgehead atoms. The molecule has 1 aliphatic heterocycles. The zero-order valence-corrected chi connectivity index (χ0v) is 16.2. The van der Waals surface area contributed by atoms with Crippen LogP contribution in [0.2, 0.25) is 0 Å². The van der Waals surface area contributed by atoms with Gasteiger partial charge >= 0.3 is 0 Å². The fourth-order valence-electron chi connectivity index (χ4n) is 3.84. The number of carbonyl (C=O) groups is 1. The van der Waals surface area contributed by atoms with Crippen LogP contribution in [0.4, 0.5) is 5.69 Å². The summed E-state index contributed by atoms with van der Waals surface area (Å²) < 4.78 is 1.72. The topological polar surface area (TPSA) is 76.0 Å². The minimum Gasteiger partial charge on any atom is -0.321 e. The van der Waals surface area contributed by atoms with E-state index in [9.17, 15) is 9.59 Å². The summed E-state index contributed by atoms with van der Waals surface area (Å²) in [6.45, 7) is 5.50. The van der Waals surface area contributed by atoms with Crippen molar-refractivity contribution in [3.05, 3.63) is 69.8 Å². The Morgan fingerprint density at radius 1 is 1.14 bits per heavy atom. The second-order valence-electron chi connectivity index (χ2n) is 7.35. The van der Waals surface area contributed by atoms with Crippen LogP contribution < -0.4 is 16.2 Å². The van der Waals surface area contributed by atoms with Gasteiger partial charge in [0.25, 0.3) is 11.5 Å². The van der Waals surface area contributed by atoms with Crippen molar-refractivity contribution in [3.63, 3.8) is 0 Å². The van der Waals surface area contributed by atoms with Crippen molar-refractivity contribution < 1.29 is 4.79 Å². The molecule has 0 aliphatic carbocycles.